The highest BCUT2D eigenvalue weighted by atomic mass is 16.3. The Balaban J connectivity index is 1.54. The fourth-order valence-electron chi connectivity index (χ4n) is 3.23. The fourth-order valence-corrected chi connectivity index (χ4v) is 3.23. The summed E-state index contributed by atoms with van der Waals surface area (Å²) in [7, 11) is 0. The molecule has 3 aromatic heterocycles. The van der Waals surface area contributed by atoms with Crippen LogP contribution in [0.5, 0.6) is 0 Å². The van der Waals surface area contributed by atoms with Crippen molar-refractivity contribution in [1.29, 1.82) is 0 Å². The molecule has 0 fully saturated rings. The van der Waals surface area contributed by atoms with Crippen LogP contribution in [-0.2, 0) is 13.0 Å². The Labute approximate surface area is 167 Å². The molecule has 0 unspecified atom stereocenters. The van der Waals surface area contributed by atoms with Crippen LogP contribution >= 0.6 is 0 Å². The zero-order valence-electron chi connectivity index (χ0n) is 16.1. The number of benzene rings is 1. The summed E-state index contributed by atoms with van der Waals surface area (Å²) in [5, 5.41) is 10.9. The van der Waals surface area contributed by atoms with E-state index in [4.69, 9.17) is 10.2 Å². The topological polar surface area (TPSA) is 112 Å². The predicted molar refractivity (Wildman–Crippen MR) is 110 cm³/mol. The van der Waals surface area contributed by atoms with Gasteiger partial charge in [-0.1, -0.05) is 6.92 Å². The molecule has 29 heavy (non-hydrogen) atoms. The van der Waals surface area contributed by atoms with Gasteiger partial charge in [0.2, 0.25) is 0 Å². The van der Waals surface area contributed by atoms with Crippen LogP contribution in [0, 0.1) is 0 Å². The molecule has 3 heterocycles. The minimum absolute atomic E-state index is 0.262. The molecule has 1 amide bonds. The van der Waals surface area contributed by atoms with Crippen LogP contribution in [-0.4, -0.2) is 32.2 Å². The largest absolute Gasteiger partial charge is 0.463 e. The molecule has 0 aliphatic carbocycles. The van der Waals surface area contributed by atoms with Crippen molar-refractivity contribution in [2.24, 2.45) is 5.73 Å². The third-order valence-corrected chi connectivity index (χ3v) is 4.67. The first-order valence-electron chi connectivity index (χ1n) is 9.57. The zero-order valence-corrected chi connectivity index (χ0v) is 16.1. The smallest absolute Gasteiger partial charge is 0.256 e. The Morgan fingerprint density at radius 1 is 1.21 bits per heavy atom. The fraction of sp³-hybridized carbons (Fsp3) is 0.238. The average Bonchev–Trinajstić information content (AvgIpc) is 3.40. The molecule has 0 bridgehead atoms. The van der Waals surface area contributed by atoms with E-state index in [9.17, 15) is 4.79 Å². The molecule has 3 N–H and O–H groups in total. The van der Waals surface area contributed by atoms with Crippen LogP contribution in [0.2, 0.25) is 0 Å². The number of imidazole rings is 1. The van der Waals surface area contributed by atoms with Crippen LogP contribution in [0.1, 0.15) is 29.5 Å². The Bertz CT molecular complexity index is 1120. The third kappa shape index (κ3) is 3.88. The lowest BCUT2D eigenvalue weighted by molar-refractivity contribution is 0.102. The molecule has 0 aliphatic heterocycles. The summed E-state index contributed by atoms with van der Waals surface area (Å²) in [5.41, 5.74) is 8.57. The number of hydrogen-bond acceptors (Lipinski definition) is 6. The maximum atomic E-state index is 12.7. The summed E-state index contributed by atoms with van der Waals surface area (Å²) in [6.45, 7) is 3.52. The number of carbonyl (C=O) groups is 1. The Hall–Kier alpha value is -3.52. The van der Waals surface area contributed by atoms with Crippen LogP contribution in [0.4, 0.5) is 5.82 Å². The summed E-state index contributed by atoms with van der Waals surface area (Å²) in [4.78, 5) is 17.3. The maximum absolute atomic E-state index is 12.7. The third-order valence-electron chi connectivity index (χ3n) is 4.67. The molecule has 148 valence electrons. The van der Waals surface area contributed by atoms with Gasteiger partial charge in [-0.25, -0.2) is 4.98 Å². The number of carbonyl (C=O) groups excluding carboxylic acids is 1. The Morgan fingerprint density at radius 2 is 2.10 bits per heavy atom. The summed E-state index contributed by atoms with van der Waals surface area (Å²) in [6, 6.07) is 12.5. The van der Waals surface area contributed by atoms with E-state index in [-0.39, 0.29) is 5.91 Å². The molecule has 4 rings (SSSR count). The lowest BCUT2D eigenvalue weighted by Gasteiger charge is -2.07. The molecule has 0 spiro atoms. The number of rotatable bonds is 7. The molecule has 1 aromatic carbocycles. The van der Waals surface area contributed by atoms with E-state index in [2.05, 4.69) is 32.0 Å². The van der Waals surface area contributed by atoms with Gasteiger partial charge in [-0.3, -0.25) is 4.79 Å². The number of nitrogens with two attached hydrogens (primary N) is 1. The number of furan rings is 1. The van der Waals surface area contributed by atoms with Crippen molar-refractivity contribution < 1.29 is 9.21 Å². The quantitative estimate of drug-likeness (QED) is 0.501. The van der Waals surface area contributed by atoms with Gasteiger partial charge in [0.1, 0.15) is 11.5 Å². The normalized spacial score (nSPS) is 11.1. The molecule has 0 saturated heterocycles. The van der Waals surface area contributed by atoms with E-state index in [1.54, 1.807) is 42.7 Å². The van der Waals surface area contributed by atoms with Crippen LogP contribution < -0.4 is 11.1 Å². The second-order valence-electron chi connectivity index (χ2n) is 6.61. The number of anilines is 1. The number of aryl methyl sites for hydroxylation is 2. The van der Waals surface area contributed by atoms with Gasteiger partial charge in [0.05, 0.1) is 17.3 Å². The minimum Gasteiger partial charge on any atom is -0.463 e. The van der Waals surface area contributed by atoms with Crippen molar-refractivity contribution in [2.45, 2.75) is 26.3 Å². The van der Waals surface area contributed by atoms with Crippen molar-refractivity contribution in [3.05, 3.63) is 60.1 Å². The van der Waals surface area contributed by atoms with Gasteiger partial charge in [-0.15, -0.1) is 10.2 Å². The molecule has 4 aromatic rings. The first-order chi connectivity index (χ1) is 14.2. The van der Waals surface area contributed by atoms with Gasteiger partial charge in [-0.05, 0) is 55.4 Å². The number of aromatic nitrogens is 4. The van der Waals surface area contributed by atoms with Crippen molar-refractivity contribution >= 4 is 22.8 Å². The lowest BCUT2D eigenvalue weighted by atomic mass is 10.2. The predicted octanol–water partition coefficient (Wildman–Crippen LogP) is 3.25. The van der Waals surface area contributed by atoms with Gasteiger partial charge in [0.15, 0.2) is 11.6 Å². The highest BCUT2D eigenvalue weighted by Gasteiger charge is 2.13. The van der Waals surface area contributed by atoms with Crippen molar-refractivity contribution in [3.63, 3.8) is 0 Å². The molecular formula is C21H22N6O2. The van der Waals surface area contributed by atoms with Crippen molar-refractivity contribution in [2.75, 3.05) is 11.9 Å². The van der Waals surface area contributed by atoms with E-state index in [1.807, 2.05) is 6.07 Å². The number of nitrogens with one attached hydrogen (secondary N) is 1. The Kier molecular flexibility index (Phi) is 5.35. The number of hydrogen-bond donors (Lipinski definition) is 2. The first-order valence-corrected chi connectivity index (χ1v) is 9.57. The van der Waals surface area contributed by atoms with Crippen LogP contribution in [0.25, 0.3) is 22.5 Å². The van der Waals surface area contributed by atoms with E-state index >= 15 is 0 Å². The van der Waals surface area contributed by atoms with Gasteiger partial charge < -0.3 is 20.0 Å². The van der Waals surface area contributed by atoms with Gasteiger partial charge in [0, 0.05) is 18.5 Å². The van der Waals surface area contributed by atoms with Gasteiger partial charge >= 0.3 is 0 Å². The number of fused-ring (bicyclic) bond motifs is 1. The summed E-state index contributed by atoms with van der Waals surface area (Å²) >= 11 is 0. The van der Waals surface area contributed by atoms with E-state index in [0.29, 0.717) is 29.4 Å². The van der Waals surface area contributed by atoms with E-state index in [0.717, 1.165) is 36.2 Å². The van der Waals surface area contributed by atoms with Gasteiger partial charge in [0.25, 0.3) is 5.91 Å². The van der Waals surface area contributed by atoms with Gasteiger partial charge in [-0.2, -0.15) is 0 Å². The highest BCUT2D eigenvalue weighted by Crippen LogP contribution is 2.21. The van der Waals surface area contributed by atoms with Crippen molar-refractivity contribution in [1.82, 2.24) is 19.7 Å². The summed E-state index contributed by atoms with van der Waals surface area (Å²) in [5.74, 6) is 1.72. The highest BCUT2D eigenvalue weighted by molar-refractivity contribution is 6.05. The molecule has 0 radical (unpaired) electrons. The monoisotopic (exact) mass is 390 g/mol. The average molecular weight is 390 g/mol. The first kappa shape index (κ1) is 18.8. The van der Waals surface area contributed by atoms with Crippen LogP contribution in [0.3, 0.4) is 0 Å². The molecule has 0 atom stereocenters. The van der Waals surface area contributed by atoms with Crippen LogP contribution in [0.15, 0.2) is 53.1 Å². The summed E-state index contributed by atoms with van der Waals surface area (Å²) in [6.07, 6.45) is 3.27. The van der Waals surface area contributed by atoms with E-state index in [1.165, 1.54) is 0 Å². The number of amides is 1. The van der Waals surface area contributed by atoms with Crippen molar-refractivity contribution in [3.8, 4) is 11.5 Å². The zero-order chi connectivity index (χ0) is 20.2. The summed E-state index contributed by atoms with van der Waals surface area (Å²) < 4.78 is 7.46. The molecule has 8 nitrogen and oxygen atoms in total. The standard InChI is InChI=1S/C21H22N6O2/c1-2-20-23-16-13-14(6-8-17(16)27(20)11-4-10-22)21(28)24-19-9-7-15(25-26-19)18-5-3-12-29-18/h3,5-9,12-13H,2,4,10-11,22H2,1H3,(H,24,26,28). The van der Waals surface area contributed by atoms with E-state index < -0.39 is 0 Å². The molecule has 8 heteroatoms. The number of nitrogens with zero attached hydrogens (tertiary/aromatic N) is 4. The molecule has 0 saturated carbocycles. The second-order valence-corrected chi connectivity index (χ2v) is 6.61. The lowest BCUT2D eigenvalue weighted by Crippen LogP contribution is -2.13. The minimum atomic E-state index is -0.262. The second kappa shape index (κ2) is 8.24. The maximum Gasteiger partial charge on any atom is 0.256 e. The SMILES string of the molecule is CCc1nc2cc(C(=O)Nc3ccc(-c4ccco4)nn3)ccc2n1CCCN. The Morgan fingerprint density at radius 3 is 2.79 bits per heavy atom. The molecular weight excluding hydrogens is 368 g/mol. The molecule has 0 aliphatic rings.